The molecule has 0 spiro atoms. The first-order valence-electron chi connectivity index (χ1n) is 7.89. The van der Waals surface area contributed by atoms with Gasteiger partial charge in [0.1, 0.15) is 6.10 Å². The average Bonchev–Trinajstić information content (AvgIpc) is 3.34. The minimum absolute atomic E-state index is 0.0494. The molecule has 1 N–H and O–H groups in total. The molecule has 1 aromatic carbocycles. The molecule has 0 aliphatic carbocycles. The van der Waals surface area contributed by atoms with Crippen molar-refractivity contribution in [3.05, 3.63) is 30.3 Å². The van der Waals surface area contributed by atoms with Crippen LogP contribution in [0.25, 0.3) is 0 Å². The van der Waals surface area contributed by atoms with Gasteiger partial charge in [-0.25, -0.2) is 0 Å². The van der Waals surface area contributed by atoms with Crippen LogP contribution in [0.5, 0.6) is 0 Å². The molecule has 4 atom stereocenters. The van der Waals surface area contributed by atoms with Gasteiger partial charge >= 0.3 is 0 Å². The van der Waals surface area contributed by atoms with Gasteiger partial charge in [-0.1, -0.05) is 18.2 Å². The van der Waals surface area contributed by atoms with Gasteiger partial charge in [-0.05, 0) is 31.4 Å². The first-order valence-corrected chi connectivity index (χ1v) is 7.89. The molecule has 1 unspecified atom stereocenters. The van der Waals surface area contributed by atoms with E-state index in [0.29, 0.717) is 18.7 Å². The highest BCUT2D eigenvalue weighted by atomic mass is 16.7. The molecule has 5 heteroatoms. The molecular weight excluding hydrogens is 268 g/mol. The van der Waals surface area contributed by atoms with Crippen molar-refractivity contribution in [2.45, 2.75) is 43.7 Å². The van der Waals surface area contributed by atoms with E-state index in [1.807, 2.05) is 23.3 Å². The number of rotatable bonds is 4. The van der Waals surface area contributed by atoms with Crippen molar-refractivity contribution in [3.8, 4) is 0 Å². The van der Waals surface area contributed by atoms with E-state index in [1.54, 1.807) is 0 Å². The zero-order chi connectivity index (χ0) is 14.1. The molecule has 3 heterocycles. The number of para-hydroxylation sites is 1. The van der Waals surface area contributed by atoms with E-state index in [2.05, 4.69) is 17.4 Å². The molecule has 1 aromatic rings. The van der Waals surface area contributed by atoms with Crippen molar-refractivity contribution < 1.29 is 14.3 Å². The van der Waals surface area contributed by atoms with Crippen LogP contribution in [0.1, 0.15) is 19.3 Å². The van der Waals surface area contributed by atoms with Gasteiger partial charge in [-0.15, -0.1) is 0 Å². The quantitative estimate of drug-likeness (QED) is 0.855. The van der Waals surface area contributed by atoms with Gasteiger partial charge in [0.25, 0.3) is 0 Å². The van der Waals surface area contributed by atoms with E-state index in [0.717, 1.165) is 31.7 Å². The zero-order valence-electron chi connectivity index (χ0n) is 12.1. The summed E-state index contributed by atoms with van der Waals surface area (Å²) in [5.41, 5.74) is 1.10. The molecule has 3 fully saturated rings. The number of hydrogen-bond acceptors (Lipinski definition) is 5. The lowest BCUT2D eigenvalue weighted by molar-refractivity contribution is -0.182. The Bertz CT molecular complexity index is 464. The van der Waals surface area contributed by atoms with Crippen LogP contribution in [0.3, 0.4) is 0 Å². The molecule has 114 valence electrons. The van der Waals surface area contributed by atoms with Crippen LogP contribution in [0.15, 0.2) is 30.3 Å². The second-order valence-electron chi connectivity index (χ2n) is 5.97. The van der Waals surface area contributed by atoms with Gasteiger partial charge in [0, 0.05) is 12.6 Å². The second-order valence-corrected chi connectivity index (χ2v) is 5.97. The normalized spacial score (nSPS) is 35.3. The van der Waals surface area contributed by atoms with E-state index < -0.39 is 0 Å². The summed E-state index contributed by atoms with van der Waals surface area (Å²) in [6.45, 7) is 2.30. The summed E-state index contributed by atoms with van der Waals surface area (Å²) in [7, 11) is 0. The van der Waals surface area contributed by atoms with Crippen LogP contribution >= 0.6 is 0 Å². The minimum Gasteiger partial charge on any atom is -0.353 e. The molecule has 5 nitrogen and oxygen atoms in total. The molecule has 4 rings (SSSR count). The summed E-state index contributed by atoms with van der Waals surface area (Å²) >= 11 is 0. The number of hydroxylamine groups is 1. The summed E-state index contributed by atoms with van der Waals surface area (Å²) in [4.78, 5) is 6.11. The highest BCUT2D eigenvalue weighted by Gasteiger charge is 2.49. The summed E-state index contributed by atoms with van der Waals surface area (Å²) in [6, 6.07) is 11.2. The van der Waals surface area contributed by atoms with E-state index in [-0.39, 0.29) is 12.4 Å². The number of fused-ring (bicyclic) bond motifs is 1. The molecule has 3 aliphatic rings. The van der Waals surface area contributed by atoms with Crippen LogP contribution in [0.4, 0.5) is 5.69 Å². The number of nitrogens with one attached hydrogen (secondary N) is 1. The maximum absolute atomic E-state index is 6.11. The van der Waals surface area contributed by atoms with Gasteiger partial charge < -0.3 is 14.8 Å². The average molecular weight is 290 g/mol. The van der Waals surface area contributed by atoms with Gasteiger partial charge in [0.15, 0.2) is 6.29 Å². The highest BCUT2D eigenvalue weighted by molar-refractivity contribution is 5.44. The van der Waals surface area contributed by atoms with Gasteiger partial charge in [-0.3, -0.25) is 9.90 Å². The van der Waals surface area contributed by atoms with E-state index in [9.17, 15) is 0 Å². The molecule has 0 aromatic heterocycles. The highest BCUT2D eigenvalue weighted by Crippen LogP contribution is 2.30. The number of anilines is 1. The van der Waals surface area contributed by atoms with Crippen molar-refractivity contribution in [1.82, 2.24) is 5.32 Å². The van der Waals surface area contributed by atoms with Crippen molar-refractivity contribution in [2.24, 2.45) is 0 Å². The molecule has 0 radical (unpaired) electrons. The lowest BCUT2D eigenvalue weighted by Gasteiger charge is -2.33. The fourth-order valence-electron chi connectivity index (χ4n) is 3.11. The molecule has 3 saturated heterocycles. The molecule has 3 aliphatic heterocycles. The van der Waals surface area contributed by atoms with Gasteiger partial charge in [0.05, 0.1) is 24.9 Å². The number of ether oxygens (including phenoxy) is 2. The Hall–Kier alpha value is -1.14. The largest absolute Gasteiger partial charge is 0.353 e. The SMILES string of the molecule is c1ccc(N2C[C@H]3N[C@H]3[C@@H](COC3CCCCO3)O2)cc1. The van der Waals surface area contributed by atoms with Gasteiger partial charge in [0.2, 0.25) is 0 Å². The van der Waals surface area contributed by atoms with E-state index in [1.165, 1.54) is 6.42 Å². The number of nitrogens with zero attached hydrogens (tertiary/aromatic N) is 1. The van der Waals surface area contributed by atoms with Crippen molar-refractivity contribution >= 4 is 5.69 Å². The van der Waals surface area contributed by atoms with Crippen molar-refractivity contribution in [3.63, 3.8) is 0 Å². The van der Waals surface area contributed by atoms with Crippen LogP contribution in [-0.4, -0.2) is 44.2 Å². The van der Waals surface area contributed by atoms with Crippen molar-refractivity contribution in [1.29, 1.82) is 0 Å². The third-order valence-corrected chi connectivity index (χ3v) is 4.39. The lowest BCUT2D eigenvalue weighted by atomic mass is 10.1. The van der Waals surface area contributed by atoms with Crippen LogP contribution in [-0.2, 0) is 14.3 Å². The summed E-state index contributed by atoms with van der Waals surface area (Å²) < 4.78 is 11.5. The predicted molar refractivity (Wildman–Crippen MR) is 78.9 cm³/mol. The standard InChI is InChI=1S/C16H22N2O3/c1-2-6-12(7-3-1)18-10-13-16(17-13)14(21-18)11-20-15-8-4-5-9-19-15/h1-3,6-7,13-17H,4-5,8-11H2/t13-,14-,15?,16-/m1/s1. The van der Waals surface area contributed by atoms with Crippen molar-refractivity contribution in [2.75, 3.05) is 24.8 Å². The monoisotopic (exact) mass is 290 g/mol. The molecule has 0 amide bonds. The second kappa shape index (κ2) is 5.93. The minimum atomic E-state index is -0.0494. The Morgan fingerprint density at radius 1 is 1.24 bits per heavy atom. The Balaban J connectivity index is 1.35. The fourth-order valence-corrected chi connectivity index (χ4v) is 3.11. The summed E-state index contributed by atoms with van der Waals surface area (Å²) in [5, 5.41) is 5.46. The summed E-state index contributed by atoms with van der Waals surface area (Å²) in [6.07, 6.45) is 3.35. The first kappa shape index (κ1) is 13.5. The molecule has 0 saturated carbocycles. The van der Waals surface area contributed by atoms with Crippen LogP contribution in [0, 0.1) is 0 Å². The van der Waals surface area contributed by atoms with E-state index >= 15 is 0 Å². The Kier molecular flexibility index (Phi) is 3.82. The fraction of sp³-hybridized carbons (Fsp3) is 0.625. The maximum atomic E-state index is 6.11. The third kappa shape index (κ3) is 3.06. The predicted octanol–water partition coefficient (Wildman–Crippen LogP) is 1.69. The Morgan fingerprint density at radius 2 is 2.14 bits per heavy atom. The smallest absolute Gasteiger partial charge is 0.157 e. The first-order chi connectivity index (χ1) is 10.4. The number of hydrogen-bond donors (Lipinski definition) is 1. The lowest BCUT2D eigenvalue weighted by Crippen LogP contribution is -2.44. The molecule has 21 heavy (non-hydrogen) atoms. The number of benzene rings is 1. The maximum Gasteiger partial charge on any atom is 0.157 e. The Labute approximate surface area is 125 Å². The Morgan fingerprint density at radius 3 is 2.95 bits per heavy atom. The zero-order valence-corrected chi connectivity index (χ0v) is 12.1. The topological polar surface area (TPSA) is 52.9 Å². The molecular formula is C16H22N2O3. The van der Waals surface area contributed by atoms with Crippen LogP contribution < -0.4 is 10.4 Å². The third-order valence-electron chi connectivity index (χ3n) is 4.39. The van der Waals surface area contributed by atoms with Crippen LogP contribution in [0.2, 0.25) is 0 Å². The molecule has 0 bridgehead atoms. The van der Waals surface area contributed by atoms with E-state index in [4.69, 9.17) is 14.3 Å². The van der Waals surface area contributed by atoms with Gasteiger partial charge in [-0.2, -0.15) is 0 Å². The summed E-state index contributed by atoms with van der Waals surface area (Å²) in [5.74, 6) is 0.